The van der Waals surface area contributed by atoms with E-state index in [1.807, 2.05) is 6.07 Å². The molecular weight excluding hydrogens is 529 g/mol. The Balaban J connectivity index is 1.09. The molecule has 3 amide bonds. The van der Waals surface area contributed by atoms with Crippen molar-refractivity contribution in [2.45, 2.75) is 24.9 Å². The molecule has 1 aromatic carbocycles. The highest BCUT2D eigenvalue weighted by Crippen LogP contribution is 2.31. The van der Waals surface area contributed by atoms with Crippen LogP contribution in [0.25, 0.3) is 17.1 Å². The van der Waals surface area contributed by atoms with Gasteiger partial charge in [0, 0.05) is 56.3 Å². The van der Waals surface area contributed by atoms with Crippen molar-refractivity contribution in [1.29, 1.82) is 0 Å². The van der Waals surface area contributed by atoms with E-state index < -0.39 is 23.3 Å². The van der Waals surface area contributed by atoms with Gasteiger partial charge in [-0.15, -0.1) is 0 Å². The number of carbonyl (C=O) groups is 2. The lowest BCUT2D eigenvalue weighted by Crippen LogP contribution is -2.46. The van der Waals surface area contributed by atoms with Crippen LogP contribution in [0.3, 0.4) is 0 Å². The molecule has 0 unspecified atom stereocenters. The van der Waals surface area contributed by atoms with Crippen molar-refractivity contribution in [3.05, 3.63) is 78.2 Å². The second kappa shape index (κ2) is 11.6. The molecule has 4 aromatic rings. The van der Waals surface area contributed by atoms with Crippen LogP contribution in [-0.4, -0.2) is 67.9 Å². The highest BCUT2D eigenvalue weighted by molar-refractivity contribution is 5.95. The largest absolute Gasteiger partial charge is 0.435 e. The standard InChI is InChI=1S/C26H25F3N8O3/c27-26(28,29)21-20(16-37(34-21)19-6-2-1-3-7-19)23(38)31-11-12-32-25(39)36-13-8-17(9-14-36)24-33-22(35-40-24)18-5-4-10-30-15-18/h1-7,10,15-17H,8-9,11-14H2,(H,31,38)(H,32,39). The van der Waals surface area contributed by atoms with Gasteiger partial charge in [0.25, 0.3) is 5.91 Å². The molecule has 0 bridgehead atoms. The van der Waals surface area contributed by atoms with Crippen molar-refractivity contribution >= 4 is 11.9 Å². The Morgan fingerprint density at radius 3 is 2.48 bits per heavy atom. The third-order valence-electron chi connectivity index (χ3n) is 6.43. The van der Waals surface area contributed by atoms with E-state index in [4.69, 9.17) is 4.52 Å². The zero-order valence-electron chi connectivity index (χ0n) is 21.1. The maximum atomic E-state index is 13.5. The number of alkyl halides is 3. The van der Waals surface area contributed by atoms with Gasteiger partial charge in [-0.1, -0.05) is 23.4 Å². The summed E-state index contributed by atoms with van der Waals surface area (Å²) in [6.07, 6.45) is 0.796. The van der Waals surface area contributed by atoms with Crippen LogP contribution in [0.5, 0.6) is 0 Å². The van der Waals surface area contributed by atoms with Crippen LogP contribution in [0.1, 0.15) is 40.7 Å². The van der Waals surface area contributed by atoms with E-state index in [0.717, 1.165) is 16.4 Å². The van der Waals surface area contributed by atoms with Gasteiger partial charge in [-0.05, 0) is 37.1 Å². The Bertz CT molecular complexity index is 1450. The van der Waals surface area contributed by atoms with Gasteiger partial charge in [-0.25, -0.2) is 9.48 Å². The summed E-state index contributed by atoms with van der Waals surface area (Å²) in [6.45, 7) is 0.896. The van der Waals surface area contributed by atoms with Gasteiger partial charge in [0.05, 0.1) is 11.3 Å². The number of carbonyl (C=O) groups excluding carboxylic acids is 2. The first kappa shape index (κ1) is 26.8. The molecular formula is C26H25F3N8O3. The summed E-state index contributed by atoms with van der Waals surface area (Å²) < 4.78 is 47.0. The summed E-state index contributed by atoms with van der Waals surface area (Å²) in [6, 6.07) is 11.5. The highest BCUT2D eigenvalue weighted by Gasteiger charge is 2.39. The summed E-state index contributed by atoms with van der Waals surface area (Å²) in [5, 5.41) is 12.7. The number of aromatic nitrogens is 5. The van der Waals surface area contributed by atoms with Crippen LogP contribution >= 0.6 is 0 Å². The highest BCUT2D eigenvalue weighted by atomic mass is 19.4. The minimum Gasteiger partial charge on any atom is -0.350 e. The van der Waals surface area contributed by atoms with E-state index in [9.17, 15) is 22.8 Å². The Hall–Kier alpha value is -4.75. The SMILES string of the molecule is O=C(NCCNC(=O)N1CCC(c2nc(-c3cccnc3)no2)CC1)c1cn(-c2ccccc2)nc1C(F)(F)F. The van der Waals surface area contributed by atoms with Crippen LogP contribution in [0.15, 0.2) is 65.6 Å². The number of benzene rings is 1. The zero-order chi connectivity index (χ0) is 28.1. The maximum absolute atomic E-state index is 13.5. The monoisotopic (exact) mass is 554 g/mol. The van der Waals surface area contributed by atoms with E-state index in [1.54, 1.807) is 53.7 Å². The van der Waals surface area contributed by atoms with Crippen molar-refractivity contribution in [2.75, 3.05) is 26.2 Å². The fourth-order valence-electron chi connectivity index (χ4n) is 4.36. The number of nitrogens with one attached hydrogen (secondary N) is 2. The number of amides is 3. The fourth-order valence-corrected chi connectivity index (χ4v) is 4.36. The van der Waals surface area contributed by atoms with Crippen molar-refractivity contribution < 1.29 is 27.3 Å². The van der Waals surface area contributed by atoms with Gasteiger partial charge in [-0.2, -0.15) is 23.3 Å². The number of halogens is 3. The number of hydrogen-bond donors (Lipinski definition) is 2. The summed E-state index contributed by atoms with van der Waals surface area (Å²) in [5.74, 6) is 0.0474. The van der Waals surface area contributed by atoms with Gasteiger partial charge in [0.15, 0.2) is 5.69 Å². The second-order valence-corrected chi connectivity index (χ2v) is 9.12. The smallest absolute Gasteiger partial charge is 0.350 e. The number of nitrogens with zero attached hydrogens (tertiary/aromatic N) is 6. The number of rotatable bonds is 7. The van der Waals surface area contributed by atoms with E-state index in [2.05, 4.69) is 30.9 Å². The Labute approximate surface area is 226 Å². The predicted octanol–water partition coefficient (Wildman–Crippen LogP) is 3.66. The van der Waals surface area contributed by atoms with E-state index in [1.165, 1.54) is 0 Å². The van der Waals surface area contributed by atoms with Crippen LogP contribution in [0.2, 0.25) is 0 Å². The summed E-state index contributed by atoms with van der Waals surface area (Å²) in [4.78, 5) is 35.3. The van der Waals surface area contributed by atoms with Crippen LogP contribution in [0, 0.1) is 0 Å². The minimum atomic E-state index is -4.81. The molecule has 0 spiro atoms. The molecule has 0 atom stereocenters. The number of hydrogen-bond acceptors (Lipinski definition) is 7. The van der Waals surface area contributed by atoms with Crippen molar-refractivity contribution in [3.8, 4) is 17.1 Å². The van der Waals surface area contributed by atoms with Gasteiger partial charge in [0.2, 0.25) is 11.7 Å². The molecule has 5 rings (SSSR count). The third kappa shape index (κ3) is 6.11. The number of likely N-dealkylation sites (tertiary alicyclic amines) is 1. The molecule has 1 saturated heterocycles. The Morgan fingerprint density at radius 2 is 1.77 bits per heavy atom. The van der Waals surface area contributed by atoms with Gasteiger partial charge in [-0.3, -0.25) is 9.78 Å². The maximum Gasteiger partial charge on any atom is 0.435 e. The normalized spacial score (nSPS) is 14.2. The summed E-state index contributed by atoms with van der Waals surface area (Å²) in [5.41, 5.74) is -0.746. The van der Waals surface area contributed by atoms with Gasteiger partial charge < -0.3 is 20.1 Å². The molecule has 1 aliphatic heterocycles. The minimum absolute atomic E-state index is 0.0147. The molecule has 3 aromatic heterocycles. The summed E-state index contributed by atoms with van der Waals surface area (Å²) in [7, 11) is 0. The first-order chi connectivity index (χ1) is 19.3. The number of urea groups is 1. The molecule has 4 heterocycles. The topological polar surface area (TPSA) is 131 Å². The van der Waals surface area contributed by atoms with Crippen molar-refractivity contribution in [2.24, 2.45) is 0 Å². The average Bonchev–Trinajstić information content (AvgIpc) is 3.65. The molecule has 208 valence electrons. The number of pyridine rings is 1. The molecule has 0 aliphatic carbocycles. The van der Waals surface area contributed by atoms with Crippen molar-refractivity contribution in [1.82, 2.24) is 40.4 Å². The lowest BCUT2D eigenvalue weighted by Gasteiger charge is -2.30. The van der Waals surface area contributed by atoms with Crippen molar-refractivity contribution in [3.63, 3.8) is 0 Å². The Kier molecular flexibility index (Phi) is 7.75. The molecule has 11 nitrogen and oxygen atoms in total. The molecule has 2 N–H and O–H groups in total. The van der Waals surface area contributed by atoms with E-state index >= 15 is 0 Å². The molecule has 0 saturated carbocycles. The van der Waals surface area contributed by atoms with Crippen LogP contribution < -0.4 is 10.6 Å². The third-order valence-corrected chi connectivity index (χ3v) is 6.43. The van der Waals surface area contributed by atoms with Crippen LogP contribution in [0.4, 0.5) is 18.0 Å². The average molecular weight is 555 g/mol. The molecule has 14 heteroatoms. The first-order valence-corrected chi connectivity index (χ1v) is 12.6. The van der Waals surface area contributed by atoms with E-state index in [-0.39, 0.29) is 25.0 Å². The predicted molar refractivity (Wildman–Crippen MR) is 135 cm³/mol. The molecule has 1 fully saturated rings. The fraction of sp³-hybridized carbons (Fsp3) is 0.308. The van der Waals surface area contributed by atoms with Crippen LogP contribution in [-0.2, 0) is 6.18 Å². The van der Waals surface area contributed by atoms with E-state index in [0.29, 0.717) is 43.3 Å². The molecule has 1 aliphatic rings. The van der Waals surface area contributed by atoms with Gasteiger partial charge in [0.1, 0.15) is 0 Å². The molecule has 0 radical (unpaired) electrons. The second-order valence-electron chi connectivity index (χ2n) is 9.12. The number of piperidine rings is 1. The lowest BCUT2D eigenvalue weighted by molar-refractivity contribution is -0.141. The first-order valence-electron chi connectivity index (χ1n) is 12.6. The quantitative estimate of drug-likeness (QED) is 0.334. The summed E-state index contributed by atoms with van der Waals surface area (Å²) >= 11 is 0. The van der Waals surface area contributed by atoms with Gasteiger partial charge >= 0.3 is 12.2 Å². The zero-order valence-corrected chi connectivity index (χ0v) is 21.1. The molecule has 40 heavy (non-hydrogen) atoms. The Morgan fingerprint density at radius 1 is 1.02 bits per heavy atom. The number of para-hydroxylation sites is 1. The lowest BCUT2D eigenvalue weighted by atomic mass is 9.97.